The van der Waals surface area contributed by atoms with Crippen molar-refractivity contribution in [3.8, 4) is 0 Å². The van der Waals surface area contributed by atoms with Crippen LogP contribution in [-0.2, 0) is 7.05 Å². The molecule has 128 valence electrons. The molecule has 0 aromatic carbocycles. The highest BCUT2D eigenvalue weighted by Gasteiger charge is 2.32. The lowest BCUT2D eigenvalue weighted by Gasteiger charge is -2.39. The fourth-order valence-electron chi connectivity index (χ4n) is 3.52. The molecule has 0 bridgehead atoms. The Morgan fingerprint density at radius 3 is 3.00 bits per heavy atom. The highest BCUT2D eigenvalue weighted by atomic mass is 16.1. The van der Waals surface area contributed by atoms with Crippen LogP contribution in [0.25, 0.3) is 0 Å². The van der Waals surface area contributed by atoms with Crippen molar-refractivity contribution in [1.82, 2.24) is 19.4 Å². The number of imidazole rings is 1. The maximum atomic E-state index is 11.3. The SMILES string of the molecule is CN1CCC[C@@H](CNc2ccnc(C(N)=O)c2)[C@@H]1c1cncn1C. The molecule has 2 aromatic rings. The molecule has 2 atom stereocenters. The number of hydrogen-bond donors (Lipinski definition) is 2. The van der Waals surface area contributed by atoms with Crippen LogP contribution in [0.4, 0.5) is 5.69 Å². The summed E-state index contributed by atoms with van der Waals surface area (Å²) in [5, 5.41) is 3.44. The molecule has 3 heterocycles. The van der Waals surface area contributed by atoms with E-state index in [0.29, 0.717) is 12.0 Å². The van der Waals surface area contributed by atoms with E-state index in [0.717, 1.165) is 25.2 Å². The van der Waals surface area contributed by atoms with Crippen molar-refractivity contribution in [2.75, 3.05) is 25.5 Å². The van der Waals surface area contributed by atoms with Gasteiger partial charge in [0, 0.05) is 31.7 Å². The van der Waals surface area contributed by atoms with E-state index >= 15 is 0 Å². The number of carbonyl (C=O) groups excluding carboxylic acids is 1. The van der Waals surface area contributed by atoms with Gasteiger partial charge in [0.2, 0.25) is 0 Å². The van der Waals surface area contributed by atoms with Gasteiger partial charge in [0.05, 0.1) is 18.1 Å². The summed E-state index contributed by atoms with van der Waals surface area (Å²) in [7, 11) is 4.21. The van der Waals surface area contributed by atoms with Crippen LogP contribution in [-0.4, -0.2) is 45.5 Å². The van der Waals surface area contributed by atoms with Gasteiger partial charge in [0.15, 0.2) is 0 Å². The normalized spacial score (nSPS) is 21.6. The Bertz CT molecular complexity index is 713. The maximum absolute atomic E-state index is 11.3. The zero-order chi connectivity index (χ0) is 17.1. The van der Waals surface area contributed by atoms with Gasteiger partial charge in [-0.25, -0.2) is 4.98 Å². The second-order valence-electron chi connectivity index (χ2n) is 6.43. The number of nitrogens with zero attached hydrogens (tertiary/aromatic N) is 4. The van der Waals surface area contributed by atoms with Gasteiger partial charge in [-0.15, -0.1) is 0 Å². The fourth-order valence-corrected chi connectivity index (χ4v) is 3.52. The van der Waals surface area contributed by atoms with Gasteiger partial charge < -0.3 is 15.6 Å². The standard InChI is InChI=1S/C17H24N6O/c1-22-7-3-4-12(16(22)15-10-19-11-23(15)2)9-21-13-5-6-20-14(8-13)17(18)24/h5-6,8,10-12,16H,3-4,7,9H2,1-2H3,(H2,18,24)(H,20,21)/t12-,16+/m0/s1. The number of hydrogen-bond acceptors (Lipinski definition) is 5. The number of aryl methyl sites for hydroxylation is 1. The van der Waals surface area contributed by atoms with E-state index in [1.54, 1.807) is 12.3 Å². The summed E-state index contributed by atoms with van der Waals surface area (Å²) in [6, 6.07) is 3.89. The molecular formula is C17H24N6O. The molecule has 2 aromatic heterocycles. The molecule has 1 saturated heterocycles. The smallest absolute Gasteiger partial charge is 0.267 e. The minimum atomic E-state index is -0.510. The summed E-state index contributed by atoms with van der Waals surface area (Å²) in [6.45, 7) is 1.91. The Hall–Kier alpha value is -2.41. The van der Waals surface area contributed by atoms with E-state index in [2.05, 4.69) is 31.8 Å². The number of primary amides is 1. The number of nitrogens with two attached hydrogens (primary N) is 1. The van der Waals surface area contributed by atoms with Crippen LogP contribution in [0, 0.1) is 5.92 Å². The minimum absolute atomic E-state index is 0.281. The van der Waals surface area contributed by atoms with E-state index in [1.807, 2.05) is 25.6 Å². The molecule has 0 radical (unpaired) electrons. The number of pyridine rings is 1. The van der Waals surface area contributed by atoms with E-state index in [1.165, 1.54) is 12.1 Å². The van der Waals surface area contributed by atoms with Crippen LogP contribution in [0.3, 0.4) is 0 Å². The lowest BCUT2D eigenvalue weighted by molar-refractivity contribution is 0.0995. The van der Waals surface area contributed by atoms with Crippen molar-refractivity contribution >= 4 is 11.6 Å². The first-order valence-corrected chi connectivity index (χ1v) is 8.22. The molecule has 0 unspecified atom stereocenters. The Kier molecular flexibility index (Phi) is 4.80. The molecule has 1 aliphatic rings. The molecule has 0 spiro atoms. The summed E-state index contributed by atoms with van der Waals surface area (Å²) in [6.07, 6.45) is 7.75. The third kappa shape index (κ3) is 3.41. The van der Waals surface area contributed by atoms with Gasteiger partial charge in [-0.05, 0) is 44.5 Å². The number of amides is 1. The highest BCUT2D eigenvalue weighted by molar-refractivity contribution is 5.91. The molecule has 0 aliphatic carbocycles. The number of rotatable bonds is 5. The number of nitrogens with one attached hydrogen (secondary N) is 1. The predicted molar refractivity (Wildman–Crippen MR) is 92.5 cm³/mol. The van der Waals surface area contributed by atoms with Crippen molar-refractivity contribution in [2.24, 2.45) is 18.7 Å². The molecule has 3 rings (SSSR count). The van der Waals surface area contributed by atoms with Gasteiger partial charge in [-0.1, -0.05) is 0 Å². The summed E-state index contributed by atoms with van der Waals surface area (Å²) in [5.74, 6) is -0.0480. The molecule has 24 heavy (non-hydrogen) atoms. The Balaban J connectivity index is 1.74. The first kappa shape index (κ1) is 16.4. The summed E-state index contributed by atoms with van der Waals surface area (Å²) in [5.41, 5.74) is 7.68. The van der Waals surface area contributed by atoms with E-state index in [9.17, 15) is 4.79 Å². The van der Waals surface area contributed by atoms with Crippen LogP contribution in [0.15, 0.2) is 30.9 Å². The third-order valence-corrected chi connectivity index (χ3v) is 4.74. The van der Waals surface area contributed by atoms with E-state index in [4.69, 9.17) is 5.73 Å². The molecular weight excluding hydrogens is 304 g/mol. The monoisotopic (exact) mass is 328 g/mol. The topological polar surface area (TPSA) is 89.1 Å². The molecule has 7 nitrogen and oxygen atoms in total. The van der Waals surface area contributed by atoms with Gasteiger partial charge in [0.1, 0.15) is 5.69 Å². The molecule has 1 aliphatic heterocycles. The molecule has 3 N–H and O–H groups in total. The van der Waals surface area contributed by atoms with Crippen molar-refractivity contribution < 1.29 is 4.79 Å². The Morgan fingerprint density at radius 1 is 1.46 bits per heavy atom. The second-order valence-corrected chi connectivity index (χ2v) is 6.43. The summed E-state index contributed by atoms with van der Waals surface area (Å²) in [4.78, 5) is 21.9. The summed E-state index contributed by atoms with van der Waals surface area (Å²) >= 11 is 0. The number of likely N-dealkylation sites (tertiary alicyclic amines) is 1. The first-order chi connectivity index (χ1) is 11.6. The van der Waals surface area contributed by atoms with Crippen LogP contribution in [0.5, 0.6) is 0 Å². The zero-order valence-corrected chi connectivity index (χ0v) is 14.1. The van der Waals surface area contributed by atoms with Gasteiger partial charge in [0.25, 0.3) is 5.91 Å². The fraction of sp³-hybridized carbons (Fsp3) is 0.471. The van der Waals surface area contributed by atoms with E-state index in [-0.39, 0.29) is 5.69 Å². The van der Waals surface area contributed by atoms with Crippen LogP contribution >= 0.6 is 0 Å². The number of aromatic nitrogens is 3. The van der Waals surface area contributed by atoms with Gasteiger partial charge in [-0.3, -0.25) is 14.7 Å². The first-order valence-electron chi connectivity index (χ1n) is 8.22. The molecule has 1 fully saturated rings. The van der Waals surface area contributed by atoms with Crippen LogP contribution < -0.4 is 11.1 Å². The molecule has 1 amide bonds. The average molecular weight is 328 g/mol. The Morgan fingerprint density at radius 2 is 2.29 bits per heavy atom. The number of carbonyl (C=O) groups is 1. The lowest BCUT2D eigenvalue weighted by Crippen LogP contribution is -2.39. The summed E-state index contributed by atoms with van der Waals surface area (Å²) < 4.78 is 2.09. The quantitative estimate of drug-likeness (QED) is 0.866. The highest BCUT2D eigenvalue weighted by Crippen LogP contribution is 2.34. The van der Waals surface area contributed by atoms with Crippen LogP contribution in [0.1, 0.15) is 35.1 Å². The number of anilines is 1. The van der Waals surface area contributed by atoms with Gasteiger partial charge in [-0.2, -0.15) is 0 Å². The van der Waals surface area contributed by atoms with Crippen molar-refractivity contribution in [2.45, 2.75) is 18.9 Å². The maximum Gasteiger partial charge on any atom is 0.267 e. The largest absolute Gasteiger partial charge is 0.385 e. The number of piperidine rings is 1. The predicted octanol–water partition coefficient (Wildman–Crippen LogP) is 1.41. The third-order valence-electron chi connectivity index (χ3n) is 4.74. The zero-order valence-electron chi connectivity index (χ0n) is 14.1. The van der Waals surface area contributed by atoms with Crippen molar-refractivity contribution in [3.63, 3.8) is 0 Å². The van der Waals surface area contributed by atoms with Crippen molar-refractivity contribution in [3.05, 3.63) is 42.2 Å². The van der Waals surface area contributed by atoms with Crippen LogP contribution in [0.2, 0.25) is 0 Å². The second kappa shape index (κ2) is 7.00. The molecule has 0 saturated carbocycles. The lowest BCUT2D eigenvalue weighted by atomic mass is 9.87. The molecule has 7 heteroatoms. The minimum Gasteiger partial charge on any atom is -0.385 e. The Labute approximate surface area is 141 Å². The average Bonchev–Trinajstić information content (AvgIpc) is 2.99. The van der Waals surface area contributed by atoms with Crippen molar-refractivity contribution in [1.29, 1.82) is 0 Å². The van der Waals surface area contributed by atoms with Gasteiger partial charge >= 0.3 is 0 Å². The van der Waals surface area contributed by atoms with E-state index < -0.39 is 5.91 Å².